The molecule has 2 atom stereocenters. The van der Waals surface area contributed by atoms with E-state index in [0.29, 0.717) is 22.5 Å². The van der Waals surface area contributed by atoms with Gasteiger partial charge in [-0.05, 0) is 41.4 Å². The molecule has 0 aliphatic carbocycles. The Hall–Kier alpha value is -0.750. The molecule has 1 heterocycles. The number of carbonyl (C=O) groups excluding carboxylic acids is 1. The van der Waals surface area contributed by atoms with Crippen LogP contribution in [0.25, 0.3) is 0 Å². The van der Waals surface area contributed by atoms with E-state index in [2.05, 4.69) is 26.2 Å². The second-order valence-electron chi connectivity index (χ2n) is 3.79. The van der Waals surface area contributed by atoms with E-state index in [1.807, 2.05) is 6.92 Å². The van der Waals surface area contributed by atoms with Gasteiger partial charge in [-0.3, -0.25) is 9.00 Å². The summed E-state index contributed by atoms with van der Waals surface area (Å²) in [7, 11) is -0.824. The summed E-state index contributed by atoms with van der Waals surface area (Å²) in [5.74, 6) is 0.383. The van der Waals surface area contributed by atoms with Crippen LogP contribution >= 0.6 is 15.9 Å². The number of nitrogens with zero attached hydrogens (tertiary/aromatic N) is 1. The van der Waals surface area contributed by atoms with Crippen LogP contribution in [0.2, 0.25) is 0 Å². The van der Waals surface area contributed by atoms with E-state index in [4.69, 9.17) is 0 Å². The Balaban J connectivity index is 2.51. The Kier molecular flexibility index (Phi) is 5.77. The first-order valence-corrected chi connectivity index (χ1v) is 7.74. The Morgan fingerprint density at radius 3 is 2.88 bits per heavy atom. The maximum Gasteiger partial charge on any atom is 0.270 e. The zero-order chi connectivity index (χ0) is 12.8. The molecular formula is C11H15BrN2O2S. The van der Waals surface area contributed by atoms with Crippen LogP contribution in [0.3, 0.4) is 0 Å². The highest BCUT2D eigenvalue weighted by Crippen LogP contribution is 2.06. The lowest BCUT2D eigenvalue weighted by molar-refractivity contribution is 0.0934. The van der Waals surface area contributed by atoms with Crippen LogP contribution in [-0.2, 0) is 10.8 Å². The maximum atomic E-state index is 11.8. The Bertz CT molecular complexity index is 426. The summed E-state index contributed by atoms with van der Waals surface area (Å²) in [6, 6.07) is 5.18. The second kappa shape index (κ2) is 6.86. The van der Waals surface area contributed by atoms with Crippen molar-refractivity contribution in [2.75, 3.05) is 12.0 Å². The highest BCUT2D eigenvalue weighted by Gasteiger charge is 2.11. The predicted molar refractivity (Wildman–Crippen MR) is 72.4 cm³/mol. The zero-order valence-electron chi connectivity index (χ0n) is 9.77. The molecule has 1 N–H and O–H groups in total. The number of carbonyl (C=O) groups is 1. The minimum Gasteiger partial charge on any atom is -0.348 e. The summed E-state index contributed by atoms with van der Waals surface area (Å²) < 4.78 is 11.6. The van der Waals surface area contributed by atoms with E-state index in [9.17, 15) is 9.00 Å². The van der Waals surface area contributed by atoms with E-state index < -0.39 is 10.8 Å². The van der Waals surface area contributed by atoms with Gasteiger partial charge in [-0.15, -0.1) is 0 Å². The lowest BCUT2D eigenvalue weighted by atomic mass is 10.2. The van der Waals surface area contributed by atoms with Crippen molar-refractivity contribution in [3.63, 3.8) is 0 Å². The SMILES string of the molecule is CC(CCS(C)=O)NC(=O)c1cccc(Br)n1. The number of aromatic nitrogens is 1. The summed E-state index contributed by atoms with van der Waals surface area (Å²) in [4.78, 5) is 15.8. The highest BCUT2D eigenvalue weighted by molar-refractivity contribution is 9.10. The smallest absolute Gasteiger partial charge is 0.270 e. The predicted octanol–water partition coefficient (Wildman–Crippen LogP) is 1.73. The normalized spacial score (nSPS) is 14.1. The fourth-order valence-electron chi connectivity index (χ4n) is 1.25. The van der Waals surface area contributed by atoms with Gasteiger partial charge in [0.2, 0.25) is 0 Å². The fraction of sp³-hybridized carbons (Fsp3) is 0.455. The van der Waals surface area contributed by atoms with Crippen molar-refractivity contribution in [1.29, 1.82) is 0 Å². The maximum absolute atomic E-state index is 11.8. The van der Waals surface area contributed by atoms with Crippen LogP contribution in [0.1, 0.15) is 23.8 Å². The molecule has 94 valence electrons. The van der Waals surface area contributed by atoms with Gasteiger partial charge in [-0.1, -0.05) is 6.07 Å². The molecule has 0 fully saturated rings. The molecule has 1 aromatic heterocycles. The van der Waals surface area contributed by atoms with Gasteiger partial charge in [0.15, 0.2) is 0 Å². The minimum atomic E-state index is -0.824. The van der Waals surface area contributed by atoms with Gasteiger partial charge in [0.1, 0.15) is 10.3 Å². The van der Waals surface area contributed by atoms with Gasteiger partial charge in [-0.25, -0.2) is 4.98 Å². The van der Waals surface area contributed by atoms with Crippen molar-refractivity contribution in [3.05, 3.63) is 28.5 Å². The first kappa shape index (κ1) is 14.3. The number of hydrogen-bond donors (Lipinski definition) is 1. The summed E-state index contributed by atoms with van der Waals surface area (Å²) in [6.45, 7) is 1.89. The van der Waals surface area contributed by atoms with Gasteiger partial charge in [0, 0.05) is 28.9 Å². The Labute approximate surface area is 112 Å². The molecule has 0 aliphatic rings. The number of rotatable bonds is 5. The molecule has 6 heteroatoms. The summed E-state index contributed by atoms with van der Waals surface area (Å²) in [5, 5.41) is 2.82. The van der Waals surface area contributed by atoms with Crippen molar-refractivity contribution in [1.82, 2.24) is 10.3 Å². The van der Waals surface area contributed by atoms with Gasteiger partial charge >= 0.3 is 0 Å². The largest absolute Gasteiger partial charge is 0.348 e. The van der Waals surface area contributed by atoms with Crippen molar-refractivity contribution in [2.24, 2.45) is 0 Å². The molecule has 0 saturated carbocycles. The summed E-state index contributed by atoms with van der Waals surface area (Å²) >= 11 is 3.22. The number of halogens is 1. The quantitative estimate of drug-likeness (QED) is 0.841. The number of hydrogen-bond acceptors (Lipinski definition) is 3. The Morgan fingerprint density at radius 1 is 1.59 bits per heavy atom. The van der Waals surface area contributed by atoms with Crippen molar-refractivity contribution in [2.45, 2.75) is 19.4 Å². The summed E-state index contributed by atoms with van der Waals surface area (Å²) in [5.41, 5.74) is 0.379. The molecule has 17 heavy (non-hydrogen) atoms. The first-order valence-electron chi connectivity index (χ1n) is 5.22. The van der Waals surface area contributed by atoms with Crippen molar-refractivity contribution < 1.29 is 9.00 Å². The molecule has 0 radical (unpaired) electrons. The fourth-order valence-corrected chi connectivity index (χ4v) is 2.28. The standard InChI is InChI=1S/C11H15BrN2O2S/c1-8(6-7-17(2)16)13-11(15)9-4-3-5-10(12)14-9/h3-5,8H,6-7H2,1-2H3,(H,13,15). The van der Waals surface area contributed by atoms with Gasteiger partial charge in [0.05, 0.1) is 0 Å². The topological polar surface area (TPSA) is 59.1 Å². The lowest BCUT2D eigenvalue weighted by Gasteiger charge is -2.12. The molecule has 0 saturated heterocycles. The lowest BCUT2D eigenvalue weighted by Crippen LogP contribution is -2.34. The molecule has 2 unspecified atom stereocenters. The van der Waals surface area contributed by atoms with Crippen LogP contribution in [0.4, 0.5) is 0 Å². The van der Waals surface area contributed by atoms with Crippen LogP contribution in [0.5, 0.6) is 0 Å². The molecule has 0 spiro atoms. The first-order chi connectivity index (χ1) is 7.99. The van der Waals surface area contributed by atoms with Gasteiger partial charge in [-0.2, -0.15) is 0 Å². The molecular weight excluding hydrogens is 304 g/mol. The third kappa shape index (κ3) is 5.41. The molecule has 1 aromatic rings. The Morgan fingerprint density at radius 2 is 2.29 bits per heavy atom. The molecule has 0 aromatic carbocycles. The third-order valence-electron chi connectivity index (χ3n) is 2.16. The number of amides is 1. The zero-order valence-corrected chi connectivity index (χ0v) is 12.2. The average Bonchev–Trinajstić information content (AvgIpc) is 2.26. The summed E-state index contributed by atoms with van der Waals surface area (Å²) in [6.07, 6.45) is 2.35. The minimum absolute atomic E-state index is 0.00724. The molecule has 0 bridgehead atoms. The van der Waals surface area contributed by atoms with Crippen molar-refractivity contribution >= 4 is 32.6 Å². The molecule has 1 amide bonds. The highest BCUT2D eigenvalue weighted by atomic mass is 79.9. The van der Waals surface area contributed by atoms with E-state index in [1.165, 1.54) is 0 Å². The second-order valence-corrected chi connectivity index (χ2v) is 6.15. The van der Waals surface area contributed by atoms with Crippen LogP contribution in [0, 0.1) is 0 Å². The van der Waals surface area contributed by atoms with Crippen LogP contribution in [0.15, 0.2) is 22.8 Å². The van der Waals surface area contributed by atoms with Gasteiger partial charge < -0.3 is 5.32 Å². The molecule has 4 nitrogen and oxygen atoms in total. The number of pyridine rings is 1. The third-order valence-corrected chi connectivity index (χ3v) is 3.42. The van der Waals surface area contributed by atoms with E-state index >= 15 is 0 Å². The number of nitrogens with one attached hydrogen (secondary N) is 1. The van der Waals surface area contributed by atoms with Crippen LogP contribution < -0.4 is 5.32 Å². The van der Waals surface area contributed by atoms with Crippen LogP contribution in [-0.4, -0.2) is 33.2 Å². The molecule has 1 rings (SSSR count). The monoisotopic (exact) mass is 318 g/mol. The van der Waals surface area contributed by atoms with E-state index in [0.717, 1.165) is 0 Å². The molecule has 0 aliphatic heterocycles. The van der Waals surface area contributed by atoms with E-state index in [-0.39, 0.29) is 11.9 Å². The van der Waals surface area contributed by atoms with E-state index in [1.54, 1.807) is 24.5 Å². The average molecular weight is 319 g/mol. The van der Waals surface area contributed by atoms with Crippen molar-refractivity contribution in [3.8, 4) is 0 Å². The van der Waals surface area contributed by atoms with Gasteiger partial charge in [0.25, 0.3) is 5.91 Å².